The highest BCUT2D eigenvalue weighted by molar-refractivity contribution is 7.19. The molecular formula is C51H35N3OSi. The molecular weight excluding hydrogens is 699 g/mol. The highest BCUT2D eigenvalue weighted by atomic mass is 28.3. The van der Waals surface area contributed by atoms with E-state index >= 15 is 0 Å². The van der Waals surface area contributed by atoms with Crippen LogP contribution in [0.5, 0.6) is 0 Å². The molecule has 0 N–H and O–H groups in total. The quantitative estimate of drug-likeness (QED) is 0.115. The van der Waals surface area contributed by atoms with Gasteiger partial charge in [-0.3, -0.25) is 0 Å². The van der Waals surface area contributed by atoms with E-state index in [2.05, 4.69) is 176 Å². The molecule has 0 atom stereocenters. The molecule has 0 aliphatic carbocycles. The van der Waals surface area contributed by atoms with Crippen molar-refractivity contribution in [2.45, 2.75) is 0 Å². The van der Waals surface area contributed by atoms with E-state index in [0.29, 0.717) is 17.5 Å². The van der Waals surface area contributed by atoms with E-state index in [1.807, 2.05) is 36.4 Å². The van der Waals surface area contributed by atoms with Crippen LogP contribution in [0.1, 0.15) is 0 Å². The largest absolute Gasteiger partial charge is 0.456 e. The van der Waals surface area contributed by atoms with Crippen LogP contribution in [-0.4, -0.2) is 23.0 Å². The van der Waals surface area contributed by atoms with Gasteiger partial charge in [0.15, 0.2) is 25.5 Å². The Morgan fingerprint density at radius 3 is 1.43 bits per heavy atom. The first kappa shape index (κ1) is 33.4. The standard InChI is InChI=1S/C51H35N3OSi/c1-5-17-36(18-6-1)38-19-15-20-39(35-38)50-52-49(53-51(54-50)45-28-16-30-47-48(45)44-27-13-14-29-46(44)55-47)37-31-33-43(34-32-37)56(40-21-7-2-8-22-40,41-23-9-3-10-24-41)42-25-11-4-12-26-42/h1-35H. The van der Waals surface area contributed by atoms with E-state index in [-0.39, 0.29) is 0 Å². The lowest BCUT2D eigenvalue weighted by Crippen LogP contribution is -2.74. The van der Waals surface area contributed by atoms with E-state index in [1.54, 1.807) is 0 Å². The zero-order valence-electron chi connectivity index (χ0n) is 30.5. The van der Waals surface area contributed by atoms with Crippen molar-refractivity contribution in [2.24, 2.45) is 0 Å². The van der Waals surface area contributed by atoms with Gasteiger partial charge in [-0.05, 0) is 50.1 Å². The fraction of sp³-hybridized carbons (Fsp3) is 0. The Morgan fingerprint density at radius 2 is 0.786 bits per heavy atom. The smallest absolute Gasteiger partial charge is 0.179 e. The summed E-state index contributed by atoms with van der Waals surface area (Å²) in [5.74, 6) is 1.81. The Hall–Kier alpha value is -7.21. The summed E-state index contributed by atoms with van der Waals surface area (Å²) in [5, 5.41) is 7.28. The van der Waals surface area contributed by atoms with Gasteiger partial charge in [0.1, 0.15) is 11.2 Å². The predicted octanol–water partition coefficient (Wildman–Crippen LogP) is 9.82. The summed E-state index contributed by atoms with van der Waals surface area (Å²) in [6, 6.07) is 75.0. The second-order valence-electron chi connectivity index (χ2n) is 14.0. The average Bonchev–Trinajstić information content (AvgIpc) is 3.67. The van der Waals surface area contributed by atoms with Gasteiger partial charge in [0.2, 0.25) is 0 Å². The van der Waals surface area contributed by atoms with Crippen LogP contribution in [0.4, 0.5) is 0 Å². The summed E-state index contributed by atoms with van der Waals surface area (Å²) in [6.07, 6.45) is 0. The number of hydrogen-bond donors (Lipinski definition) is 0. The van der Waals surface area contributed by atoms with Gasteiger partial charge in [0.05, 0.1) is 0 Å². The molecule has 0 aliphatic heterocycles. The van der Waals surface area contributed by atoms with Crippen LogP contribution in [0.3, 0.4) is 0 Å². The molecule has 2 heterocycles. The minimum Gasteiger partial charge on any atom is -0.456 e. The summed E-state index contributed by atoms with van der Waals surface area (Å²) >= 11 is 0. The normalized spacial score (nSPS) is 11.6. The first-order valence-electron chi connectivity index (χ1n) is 18.9. The lowest BCUT2D eigenvalue weighted by atomic mass is 10.0. The van der Waals surface area contributed by atoms with Crippen molar-refractivity contribution in [3.05, 3.63) is 212 Å². The fourth-order valence-electron chi connectivity index (χ4n) is 8.12. The molecule has 0 spiro atoms. The molecule has 0 bridgehead atoms. The number of furan rings is 1. The Morgan fingerprint density at radius 1 is 0.321 bits per heavy atom. The van der Waals surface area contributed by atoms with Gasteiger partial charge in [0.25, 0.3) is 0 Å². The molecule has 0 unspecified atom stereocenters. The van der Waals surface area contributed by atoms with Crippen molar-refractivity contribution in [1.82, 2.24) is 15.0 Å². The molecule has 8 aromatic carbocycles. The predicted molar refractivity (Wildman–Crippen MR) is 232 cm³/mol. The lowest BCUT2D eigenvalue weighted by molar-refractivity contribution is 0.669. The highest BCUT2D eigenvalue weighted by Gasteiger charge is 2.41. The van der Waals surface area contributed by atoms with Crippen LogP contribution in [0, 0.1) is 0 Å². The lowest BCUT2D eigenvalue weighted by Gasteiger charge is -2.34. The van der Waals surface area contributed by atoms with Crippen molar-refractivity contribution in [2.75, 3.05) is 0 Å². The minimum atomic E-state index is -2.70. The molecule has 264 valence electrons. The first-order valence-corrected chi connectivity index (χ1v) is 20.9. The van der Waals surface area contributed by atoms with E-state index in [9.17, 15) is 0 Å². The molecule has 0 amide bonds. The van der Waals surface area contributed by atoms with Crippen LogP contribution in [0.2, 0.25) is 0 Å². The second-order valence-corrected chi connectivity index (χ2v) is 17.8. The van der Waals surface area contributed by atoms with Gasteiger partial charge in [-0.25, -0.2) is 15.0 Å². The molecule has 4 nitrogen and oxygen atoms in total. The number of para-hydroxylation sites is 1. The number of aromatic nitrogens is 3. The molecule has 0 fully saturated rings. The van der Waals surface area contributed by atoms with Gasteiger partial charge in [-0.1, -0.05) is 194 Å². The first-order chi connectivity index (χ1) is 27.8. The summed E-state index contributed by atoms with van der Waals surface area (Å²) in [6.45, 7) is 0. The van der Waals surface area contributed by atoms with Gasteiger partial charge in [0, 0.05) is 27.5 Å². The van der Waals surface area contributed by atoms with Crippen molar-refractivity contribution < 1.29 is 4.42 Å². The van der Waals surface area contributed by atoms with Gasteiger partial charge >= 0.3 is 0 Å². The summed E-state index contributed by atoms with van der Waals surface area (Å²) < 4.78 is 6.30. The zero-order chi connectivity index (χ0) is 37.3. The van der Waals surface area contributed by atoms with E-state index in [0.717, 1.165) is 49.8 Å². The maximum Gasteiger partial charge on any atom is 0.179 e. The van der Waals surface area contributed by atoms with Crippen LogP contribution in [-0.2, 0) is 0 Å². The molecule has 0 aliphatic rings. The maximum absolute atomic E-state index is 6.30. The maximum atomic E-state index is 6.30. The zero-order valence-corrected chi connectivity index (χ0v) is 31.5. The second kappa shape index (κ2) is 14.2. The molecule has 10 aromatic rings. The van der Waals surface area contributed by atoms with Gasteiger partial charge in [-0.2, -0.15) is 0 Å². The van der Waals surface area contributed by atoms with Crippen molar-refractivity contribution in [3.63, 3.8) is 0 Å². The topological polar surface area (TPSA) is 51.8 Å². The average molecular weight is 734 g/mol. The van der Waals surface area contributed by atoms with Crippen LogP contribution >= 0.6 is 0 Å². The van der Waals surface area contributed by atoms with Gasteiger partial charge in [-0.15, -0.1) is 0 Å². The number of nitrogens with zero attached hydrogens (tertiary/aromatic N) is 3. The summed E-state index contributed by atoms with van der Waals surface area (Å²) in [5.41, 5.74) is 6.60. The molecule has 5 heteroatoms. The van der Waals surface area contributed by atoms with Crippen LogP contribution < -0.4 is 20.7 Å². The summed E-state index contributed by atoms with van der Waals surface area (Å²) in [4.78, 5) is 15.6. The number of hydrogen-bond acceptors (Lipinski definition) is 4. The third-order valence-electron chi connectivity index (χ3n) is 10.7. The fourth-order valence-corrected chi connectivity index (χ4v) is 12.9. The van der Waals surface area contributed by atoms with Gasteiger partial charge < -0.3 is 4.42 Å². The molecule has 0 radical (unpaired) electrons. The molecule has 2 aromatic heterocycles. The molecule has 10 rings (SSSR count). The number of rotatable bonds is 8. The molecule has 0 saturated carbocycles. The van der Waals surface area contributed by atoms with Crippen molar-refractivity contribution in [1.29, 1.82) is 0 Å². The highest BCUT2D eigenvalue weighted by Crippen LogP contribution is 2.36. The summed E-state index contributed by atoms with van der Waals surface area (Å²) in [7, 11) is -2.70. The van der Waals surface area contributed by atoms with E-state index in [4.69, 9.17) is 19.4 Å². The van der Waals surface area contributed by atoms with Crippen molar-refractivity contribution >= 4 is 50.8 Å². The Kier molecular flexibility index (Phi) is 8.47. The van der Waals surface area contributed by atoms with Crippen LogP contribution in [0.15, 0.2) is 217 Å². The van der Waals surface area contributed by atoms with E-state index < -0.39 is 8.07 Å². The monoisotopic (exact) mass is 733 g/mol. The third-order valence-corrected chi connectivity index (χ3v) is 15.5. The SMILES string of the molecule is c1ccc(-c2cccc(-c3nc(-c4ccc([Si](c5ccccc5)(c5ccccc5)c5ccccc5)cc4)nc(-c4cccc5oc6ccccc6c45)n3)c2)cc1. The molecule has 56 heavy (non-hydrogen) atoms. The van der Waals surface area contributed by atoms with Crippen molar-refractivity contribution in [3.8, 4) is 45.3 Å². The number of fused-ring (bicyclic) bond motifs is 3. The van der Waals surface area contributed by atoms with Crippen LogP contribution in [0.25, 0.3) is 67.2 Å². The van der Waals surface area contributed by atoms with E-state index in [1.165, 1.54) is 20.7 Å². The Balaban J connectivity index is 1.17. The number of benzene rings is 8. The Bertz CT molecular complexity index is 2850. The minimum absolute atomic E-state index is 0.595. The third kappa shape index (κ3) is 5.82. The molecule has 0 saturated heterocycles. The Labute approximate surface area is 326 Å².